The topological polar surface area (TPSA) is 67.8 Å². The van der Waals surface area contributed by atoms with Crippen LogP contribution in [-0.2, 0) is 4.74 Å². The number of benzene rings is 3. The van der Waals surface area contributed by atoms with Gasteiger partial charge in [0.05, 0.1) is 13.7 Å². The fourth-order valence-corrected chi connectivity index (χ4v) is 4.09. The first-order chi connectivity index (χ1) is 14.6. The zero-order valence-electron chi connectivity index (χ0n) is 16.5. The monoisotopic (exact) mass is 423 g/mol. The Bertz CT molecular complexity index is 1020. The van der Waals surface area contributed by atoms with Crippen LogP contribution in [0.2, 0.25) is 5.02 Å². The van der Waals surface area contributed by atoms with Crippen molar-refractivity contribution in [2.24, 2.45) is 0 Å². The highest BCUT2D eigenvalue weighted by molar-refractivity contribution is 6.30. The third kappa shape index (κ3) is 3.99. The normalized spacial score (nSPS) is 13.3. The van der Waals surface area contributed by atoms with E-state index in [0.29, 0.717) is 16.3 Å². The van der Waals surface area contributed by atoms with E-state index in [1.165, 1.54) is 18.2 Å². The minimum Gasteiger partial charge on any atom is -0.496 e. The zero-order chi connectivity index (χ0) is 21.1. The first kappa shape index (κ1) is 20.3. The molecule has 4 rings (SSSR count). The van der Waals surface area contributed by atoms with Crippen molar-refractivity contribution in [1.82, 2.24) is 5.32 Å². The van der Waals surface area contributed by atoms with E-state index in [4.69, 9.17) is 21.1 Å². The summed E-state index contributed by atoms with van der Waals surface area (Å²) in [5.74, 6) is 0.488. The van der Waals surface area contributed by atoms with Gasteiger partial charge in [-0.15, -0.1) is 0 Å². The van der Waals surface area contributed by atoms with Gasteiger partial charge in [0.1, 0.15) is 18.5 Å². The Labute approximate surface area is 180 Å². The van der Waals surface area contributed by atoms with E-state index in [9.17, 15) is 9.90 Å². The highest BCUT2D eigenvalue weighted by Crippen LogP contribution is 2.44. The molecule has 0 aliphatic heterocycles. The van der Waals surface area contributed by atoms with Gasteiger partial charge >= 0.3 is 6.09 Å². The number of rotatable bonds is 6. The van der Waals surface area contributed by atoms with Gasteiger partial charge in [0, 0.05) is 16.5 Å². The number of aliphatic hydroxyl groups is 1. The van der Waals surface area contributed by atoms with Crippen molar-refractivity contribution in [2.45, 2.75) is 12.0 Å². The molecular weight excluding hydrogens is 402 g/mol. The predicted molar refractivity (Wildman–Crippen MR) is 116 cm³/mol. The summed E-state index contributed by atoms with van der Waals surface area (Å²) in [4.78, 5) is 12.3. The van der Waals surface area contributed by atoms with Crippen LogP contribution < -0.4 is 10.1 Å². The molecular formula is C24H22ClNO4. The minimum atomic E-state index is -0.973. The molecule has 3 aromatic carbocycles. The Hall–Kier alpha value is -3.02. The number of aliphatic hydroxyl groups excluding tert-OH is 1. The molecule has 1 amide bonds. The van der Waals surface area contributed by atoms with Crippen molar-refractivity contribution in [1.29, 1.82) is 0 Å². The van der Waals surface area contributed by atoms with Crippen LogP contribution in [-0.4, -0.2) is 31.5 Å². The minimum absolute atomic E-state index is 0.0129. The van der Waals surface area contributed by atoms with Gasteiger partial charge in [-0.1, -0.05) is 60.1 Å². The smallest absolute Gasteiger partial charge is 0.407 e. The summed E-state index contributed by atoms with van der Waals surface area (Å²) in [5.41, 5.74) is 5.14. The van der Waals surface area contributed by atoms with E-state index in [-0.39, 0.29) is 19.1 Å². The number of methoxy groups -OCH3 is 1. The van der Waals surface area contributed by atoms with E-state index < -0.39 is 12.2 Å². The number of carbonyl (C=O) groups excluding carboxylic acids is 1. The third-order valence-electron chi connectivity index (χ3n) is 5.33. The number of fused-ring (bicyclic) bond motifs is 3. The van der Waals surface area contributed by atoms with E-state index in [1.54, 1.807) is 18.2 Å². The molecule has 0 heterocycles. The number of amides is 1. The van der Waals surface area contributed by atoms with Crippen molar-refractivity contribution in [3.63, 3.8) is 0 Å². The number of halogens is 1. The lowest BCUT2D eigenvalue weighted by Gasteiger charge is -2.17. The van der Waals surface area contributed by atoms with Crippen LogP contribution in [0.5, 0.6) is 5.75 Å². The van der Waals surface area contributed by atoms with Gasteiger partial charge in [0.15, 0.2) is 0 Å². The fraction of sp³-hybridized carbons (Fsp3) is 0.208. The number of ether oxygens (including phenoxy) is 2. The van der Waals surface area contributed by atoms with Gasteiger partial charge in [0.2, 0.25) is 0 Å². The van der Waals surface area contributed by atoms with Crippen molar-refractivity contribution in [3.8, 4) is 16.9 Å². The van der Waals surface area contributed by atoms with Gasteiger partial charge in [-0.05, 0) is 40.5 Å². The maximum Gasteiger partial charge on any atom is 0.407 e. The molecule has 1 aliphatic rings. The molecule has 154 valence electrons. The molecule has 0 spiro atoms. The largest absolute Gasteiger partial charge is 0.496 e. The molecule has 5 nitrogen and oxygen atoms in total. The maximum absolute atomic E-state index is 12.3. The van der Waals surface area contributed by atoms with Crippen molar-refractivity contribution in [3.05, 3.63) is 88.4 Å². The molecule has 0 bridgehead atoms. The van der Waals surface area contributed by atoms with Gasteiger partial charge in [-0.2, -0.15) is 0 Å². The Kier molecular flexibility index (Phi) is 5.93. The molecule has 6 heteroatoms. The fourth-order valence-electron chi connectivity index (χ4n) is 3.91. The van der Waals surface area contributed by atoms with Crippen molar-refractivity contribution < 1.29 is 19.4 Å². The lowest BCUT2D eigenvalue weighted by atomic mass is 9.98. The van der Waals surface area contributed by atoms with Gasteiger partial charge < -0.3 is 19.9 Å². The zero-order valence-corrected chi connectivity index (χ0v) is 17.2. The summed E-state index contributed by atoms with van der Waals surface area (Å²) >= 11 is 6.01. The molecule has 1 unspecified atom stereocenters. The van der Waals surface area contributed by atoms with Crippen LogP contribution in [0.1, 0.15) is 28.7 Å². The quantitative estimate of drug-likeness (QED) is 0.590. The van der Waals surface area contributed by atoms with Crippen LogP contribution >= 0.6 is 11.6 Å². The van der Waals surface area contributed by atoms with Gasteiger partial charge in [-0.3, -0.25) is 0 Å². The second-order valence-corrected chi connectivity index (χ2v) is 7.54. The van der Waals surface area contributed by atoms with E-state index in [0.717, 1.165) is 11.1 Å². The summed E-state index contributed by atoms with van der Waals surface area (Å²) in [6.07, 6.45) is -1.56. The Balaban J connectivity index is 1.38. The number of carbonyl (C=O) groups is 1. The summed E-state index contributed by atoms with van der Waals surface area (Å²) < 4.78 is 10.7. The predicted octanol–water partition coefficient (Wildman–Crippen LogP) is 4.92. The second-order valence-electron chi connectivity index (χ2n) is 7.11. The van der Waals surface area contributed by atoms with Gasteiger partial charge in [-0.25, -0.2) is 4.79 Å². The molecule has 0 aromatic heterocycles. The van der Waals surface area contributed by atoms with E-state index in [1.807, 2.05) is 24.3 Å². The van der Waals surface area contributed by atoms with Crippen LogP contribution in [0.4, 0.5) is 4.79 Å². The average Bonchev–Trinajstić information content (AvgIpc) is 3.10. The molecule has 1 aliphatic carbocycles. The number of hydrogen-bond acceptors (Lipinski definition) is 4. The van der Waals surface area contributed by atoms with Crippen molar-refractivity contribution >= 4 is 17.7 Å². The molecule has 3 aromatic rings. The Morgan fingerprint density at radius 2 is 1.70 bits per heavy atom. The lowest BCUT2D eigenvalue weighted by Crippen LogP contribution is -2.30. The number of nitrogens with one attached hydrogen (secondary N) is 1. The van der Waals surface area contributed by atoms with E-state index >= 15 is 0 Å². The number of hydrogen-bond donors (Lipinski definition) is 2. The first-order valence-electron chi connectivity index (χ1n) is 9.69. The van der Waals surface area contributed by atoms with Crippen molar-refractivity contribution in [2.75, 3.05) is 20.3 Å². The second kappa shape index (κ2) is 8.78. The Morgan fingerprint density at radius 3 is 2.33 bits per heavy atom. The molecule has 0 radical (unpaired) electrons. The van der Waals surface area contributed by atoms with Crippen LogP contribution in [0, 0.1) is 0 Å². The first-order valence-corrected chi connectivity index (χ1v) is 10.1. The van der Waals surface area contributed by atoms with Crippen LogP contribution in [0.3, 0.4) is 0 Å². The molecule has 0 fully saturated rings. The van der Waals surface area contributed by atoms with Crippen LogP contribution in [0.15, 0.2) is 66.7 Å². The molecule has 30 heavy (non-hydrogen) atoms. The highest BCUT2D eigenvalue weighted by atomic mass is 35.5. The molecule has 1 atom stereocenters. The highest BCUT2D eigenvalue weighted by Gasteiger charge is 2.29. The van der Waals surface area contributed by atoms with Gasteiger partial charge in [0.25, 0.3) is 0 Å². The third-order valence-corrected chi connectivity index (χ3v) is 5.57. The SMILES string of the molecule is COc1ccc(Cl)cc1C(O)CNC(=O)OCC1c2ccccc2-c2ccccc21. The molecule has 0 saturated carbocycles. The molecule has 0 saturated heterocycles. The van der Waals surface area contributed by atoms with Crippen LogP contribution in [0.25, 0.3) is 11.1 Å². The maximum atomic E-state index is 12.3. The average molecular weight is 424 g/mol. The lowest BCUT2D eigenvalue weighted by molar-refractivity contribution is 0.128. The molecule has 2 N–H and O–H groups in total. The number of alkyl carbamates (subject to hydrolysis) is 1. The Morgan fingerprint density at radius 1 is 1.07 bits per heavy atom. The summed E-state index contributed by atoms with van der Waals surface area (Å²) in [7, 11) is 1.51. The standard InChI is InChI=1S/C24H22ClNO4/c1-29-23-11-10-15(25)12-20(23)22(27)13-26-24(28)30-14-21-18-8-4-2-6-16(18)17-7-3-5-9-19(17)21/h2-12,21-22,27H,13-14H2,1H3,(H,26,28). The van der Waals surface area contributed by atoms with E-state index in [2.05, 4.69) is 29.6 Å². The summed E-state index contributed by atoms with van der Waals surface area (Å²) in [6.45, 7) is 0.198. The summed E-state index contributed by atoms with van der Waals surface area (Å²) in [6, 6.07) is 21.3. The summed E-state index contributed by atoms with van der Waals surface area (Å²) in [5, 5.41) is 13.5.